The number of fused-ring (bicyclic) bond motifs is 1. The van der Waals surface area contributed by atoms with E-state index in [2.05, 4.69) is 4.98 Å². The Balaban J connectivity index is 1.88. The van der Waals surface area contributed by atoms with E-state index in [0.717, 1.165) is 22.3 Å². The summed E-state index contributed by atoms with van der Waals surface area (Å²) in [5.74, 6) is 0.434. The van der Waals surface area contributed by atoms with Crippen LogP contribution in [0.3, 0.4) is 0 Å². The number of carboxylic acid groups (broad SMARTS) is 1. The Labute approximate surface area is 127 Å². The maximum atomic E-state index is 11.1. The maximum absolute atomic E-state index is 11.1. The van der Waals surface area contributed by atoms with Gasteiger partial charge in [-0.2, -0.15) is 0 Å². The molecule has 0 atom stereocenters. The third kappa shape index (κ3) is 2.93. The highest BCUT2D eigenvalue weighted by Gasteiger charge is 2.13. The summed E-state index contributed by atoms with van der Waals surface area (Å²) < 4.78 is 7.40. The van der Waals surface area contributed by atoms with E-state index in [0.29, 0.717) is 5.82 Å². The smallest absolute Gasteiger partial charge is 0.323 e. The number of carbonyl (C=O) groups is 1. The number of aryl methyl sites for hydroxylation is 1. The van der Waals surface area contributed by atoms with Crippen LogP contribution in [0.1, 0.15) is 11.4 Å². The van der Waals surface area contributed by atoms with Crippen molar-refractivity contribution in [2.45, 2.75) is 20.1 Å². The highest BCUT2D eigenvalue weighted by Crippen LogP contribution is 2.18. The second-order valence-electron chi connectivity index (χ2n) is 5.10. The number of para-hydroxylation sites is 2. The summed E-state index contributed by atoms with van der Waals surface area (Å²) in [6.45, 7) is 2.11. The summed E-state index contributed by atoms with van der Waals surface area (Å²) in [5, 5.41) is 9.10. The lowest BCUT2D eigenvalue weighted by Gasteiger charge is -2.08. The van der Waals surface area contributed by atoms with E-state index in [-0.39, 0.29) is 13.2 Å². The highest BCUT2D eigenvalue weighted by atomic mass is 16.5. The first-order chi connectivity index (χ1) is 10.6. The predicted octanol–water partition coefficient (Wildman–Crippen LogP) is 3.01. The Hall–Kier alpha value is -2.82. The molecule has 1 heterocycles. The molecule has 0 unspecified atom stereocenters. The Kier molecular flexibility index (Phi) is 3.78. The van der Waals surface area contributed by atoms with Crippen LogP contribution in [0, 0.1) is 6.92 Å². The summed E-state index contributed by atoms with van der Waals surface area (Å²) in [6, 6.07) is 15.2. The third-order valence-corrected chi connectivity index (χ3v) is 3.42. The molecule has 0 fully saturated rings. The van der Waals surface area contributed by atoms with Crippen molar-refractivity contribution in [1.29, 1.82) is 0 Å². The van der Waals surface area contributed by atoms with Crippen molar-refractivity contribution in [1.82, 2.24) is 9.55 Å². The van der Waals surface area contributed by atoms with Gasteiger partial charge < -0.3 is 14.4 Å². The molecule has 1 aromatic heterocycles. The minimum absolute atomic E-state index is 0.132. The summed E-state index contributed by atoms with van der Waals surface area (Å²) in [4.78, 5) is 15.6. The fourth-order valence-corrected chi connectivity index (χ4v) is 2.33. The number of hydrogen-bond donors (Lipinski definition) is 1. The first kappa shape index (κ1) is 14.1. The molecule has 0 amide bonds. The number of carboxylic acids is 1. The van der Waals surface area contributed by atoms with Gasteiger partial charge in [0.05, 0.1) is 11.0 Å². The Morgan fingerprint density at radius 3 is 2.64 bits per heavy atom. The summed E-state index contributed by atoms with van der Waals surface area (Å²) in [6.07, 6.45) is 0. The molecule has 22 heavy (non-hydrogen) atoms. The van der Waals surface area contributed by atoms with Gasteiger partial charge in [-0.3, -0.25) is 4.79 Å². The quantitative estimate of drug-likeness (QED) is 0.786. The van der Waals surface area contributed by atoms with Crippen LogP contribution in [-0.4, -0.2) is 20.6 Å². The minimum atomic E-state index is -0.903. The molecule has 0 saturated carbocycles. The third-order valence-electron chi connectivity index (χ3n) is 3.42. The normalized spacial score (nSPS) is 10.8. The van der Waals surface area contributed by atoms with Crippen LogP contribution >= 0.6 is 0 Å². The van der Waals surface area contributed by atoms with Crippen molar-refractivity contribution in [3.8, 4) is 5.75 Å². The molecule has 1 N–H and O–H groups in total. The molecule has 5 nitrogen and oxygen atoms in total. The first-order valence-electron chi connectivity index (χ1n) is 6.99. The molecule has 5 heteroatoms. The van der Waals surface area contributed by atoms with Gasteiger partial charge in [-0.05, 0) is 31.2 Å². The van der Waals surface area contributed by atoms with Crippen LogP contribution in [0.5, 0.6) is 5.75 Å². The van der Waals surface area contributed by atoms with Crippen molar-refractivity contribution >= 4 is 17.0 Å². The molecule has 2 aromatic carbocycles. The largest absolute Gasteiger partial charge is 0.486 e. The van der Waals surface area contributed by atoms with E-state index in [4.69, 9.17) is 9.84 Å². The van der Waals surface area contributed by atoms with Gasteiger partial charge in [0.25, 0.3) is 0 Å². The molecule has 0 aliphatic carbocycles. The van der Waals surface area contributed by atoms with Crippen LogP contribution in [0.25, 0.3) is 11.0 Å². The number of rotatable bonds is 5. The van der Waals surface area contributed by atoms with Crippen LogP contribution in [0.15, 0.2) is 48.5 Å². The van der Waals surface area contributed by atoms with E-state index < -0.39 is 5.97 Å². The zero-order valence-corrected chi connectivity index (χ0v) is 12.2. The molecule has 0 spiro atoms. The van der Waals surface area contributed by atoms with Gasteiger partial charge in [-0.1, -0.05) is 29.8 Å². The Morgan fingerprint density at radius 1 is 1.18 bits per heavy atom. The summed E-state index contributed by atoms with van der Waals surface area (Å²) >= 11 is 0. The second kappa shape index (κ2) is 5.89. The monoisotopic (exact) mass is 296 g/mol. The van der Waals surface area contributed by atoms with Crippen LogP contribution in [-0.2, 0) is 17.9 Å². The van der Waals surface area contributed by atoms with Crippen LogP contribution < -0.4 is 4.74 Å². The topological polar surface area (TPSA) is 64.4 Å². The van der Waals surface area contributed by atoms with E-state index in [9.17, 15) is 4.79 Å². The van der Waals surface area contributed by atoms with Crippen molar-refractivity contribution < 1.29 is 14.6 Å². The molecule has 0 saturated heterocycles. The van der Waals surface area contributed by atoms with Gasteiger partial charge >= 0.3 is 5.97 Å². The molecule has 0 bridgehead atoms. The van der Waals surface area contributed by atoms with Gasteiger partial charge in [0, 0.05) is 0 Å². The first-order valence-corrected chi connectivity index (χ1v) is 6.99. The van der Waals surface area contributed by atoms with Gasteiger partial charge in [-0.25, -0.2) is 4.98 Å². The van der Waals surface area contributed by atoms with E-state index in [1.54, 1.807) is 4.57 Å². The van der Waals surface area contributed by atoms with Crippen LogP contribution in [0.2, 0.25) is 0 Å². The summed E-state index contributed by atoms with van der Waals surface area (Å²) in [7, 11) is 0. The molecule has 3 aromatic rings. The second-order valence-corrected chi connectivity index (χ2v) is 5.10. The number of nitrogens with zero attached hydrogens (tertiary/aromatic N) is 2. The molecular weight excluding hydrogens is 280 g/mol. The fraction of sp³-hybridized carbons (Fsp3) is 0.176. The zero-order valence-electron chi connectivity index (χ0n) is 12.2. The Bertz CT molecular complexity index is 806. The van der Waals surface area contributed by atoms with Gasteiger partial charge in [0.15, 0.2) is 0 Å². The predicted molar refractivity (Wildman–Crippen MR) is 82.9 cm³/mol. The molecule has 0 aliphatic heterocycles. The number of benzene rings is 2. The van der Waals surface area contributed by atoms with Crippen molar-refractivity contribution in [3.63, 3.8) is 0 Å². The molecule has 0 radical (unpaired) electrons. The van der Waals surface area contributed by atoms with Gasteiger partial charge in [0.1, 0.15) is 24.7 Å². The average Bonchev–Trinajstić information content (AvgIpc) is 2.84. The van der Waals surface area contributed by atoms with Gasteiger partial charge in [0.2, 0.25) is 0 Å². The van der Waals surface area contributed by atoms with Crippen molar-refractivity contribution in [3.05, 3.63) is 59.9 Å². The lowest BCUT2D eigenvalue weighted by atomic mass is 10.2. The molecule has 0 aliphatic rings. The van der Waals surface area contributed by atoms with E-state index >= 15 is 0 Å². The molecular formula is C17H16N2O3. The number of ether oxygens (including phenoxy) is 1. The van der Waals surface area contributed by atoms with Crippen molar-refractivity contribution in [2.24, 2.45) is 0 Å². The van der Waals surface area contributed by atoms with Crippen LogP contribution in [0.4, 0.5) is 0 Å². The number of aliphatic carboxylic acids is 1. The number of aromatic nitrogens is 2. The number of hydrogen-bond acceptors (Lipinski definition) is 3. The molecule has 112 valence electrons. The number of imidazole rings is 1. The standard InChI is InChI=1S/C17H16N2O3/c1-12-6-8-13(9-7-12)22-11-16-18-14-4-2-3-5-15(14)19(16)10-17(20)21/h2-9H,10-11H2,1H3,(H,20,21). The lowest BCUT2D eigenvalue weighted by Crippen LogP contribution is -2.13. The van der Waals surface area contributed by atoms with E-state index in [1.807, 2.05) is 55.5 Å². The van der Waals surface area contributed by atoms with Crippen molar-refractivity contribution in [2.75, 3.05) is 0 Å². The average molecular weight is 296 g/mol. The minimum Gasteiger partial charge on any atom is -0.486 e. The highest BCUT2D eigenvalue weighted by molar-refractivity contribution is 5.78. The van der Waals surface area contributed by atoms with Gasteiger partial charge in [-0.15, -0.1) is 0 Å². The zero-order chi connectivity index (χ0) is 15.5. The van der Waals surface area contributed by atoms with E-state index in [1.165, 1.54) is 0 Å². The maximum Gasteiger partial charge on any atom is 0.323 e. The SMILES string of the molecule is Cc1ccc(OCc2nc3ccccc3n2CC(=O)O)cc1. The summed E-state index contributed by atoms with van der Waals surface area (Å²) in [5.41, 5.74) is 2.73. The fourth-order valence-electron chi connectivity index (χ4n) is 2.33. The lowest BCUT2D eigenvalue weighted by molar-refractivity contribution is -0.137. The Morgan fingerprint density at radius 2 is 1.91 bits per heavy atom. The molecule has 3 rings (SSSR count).